The first-order valence-electron chi connectivity index (χ1n) is 6.02. The highest BCUT2D eigenvalue weighted by Crippen LogP contribution is 2.35. The molecule has 0 aliphatic rings. The summed E-state index contributed by atoms with van der Waals surface area (Å²) >= 11 is 0. The molecule has 2 aromatic rings. The molecule has 2 rings (SSSR count). The Morgan fingerprint density at radius 2 is 1.83 bits per heavy atom. The standard InChI is InChI=1S/C13H8F6N2O2/c14-12(15,16)4-11(22)21-9-2-7(10-5-20-6-23-10)1-8(3-9)13(17,18)19/h1-3,5-6H,4H2,(H,21,22). The lowest BCUT2D eigenvalue weighted by molar-refractivity contribution is -0.150. The van der Waals surface area contributed by atoms with E-state index in [-0.39, 0.29) is 11.3 Å². The molecule has 1 aromatic heterocycles. The highest BCUT2D eigenvalue weighted by atomic mass is 19.4. The number of hydrogen-bond acceptors (Lipinski definition) is 3. The van der Waals surface area contributed by atoms with Gasteiger partial charge in [-0.25, -0.2) is 4.98 Å². The maximum Gasteiger partial charge on any atom is 0.416 e. The van der Waals surface area contributed by atoms with Crippen molar-refractivity contribution in [3.05, 3.63) is 36.4 Å². The third-order valence-electron chi connectivity index (χ3n) is 2.62. The summed E-state index contributed by atoms with van der Waals surface area (Å²) in [5.74, 6) is -1.50. The lowest BCUT2D eigenvalue weighted by Crippen LogP contribution is -2.21. The van der Waals surface area contributed by atoms with Crippen molar-refractivity contribution in [2.75, 3.05) is 5.32 Å². The van der Waals surface area contributed by atoms with Crippen molar-refractivity contribution in [2.45, 2.75) is 18.8 Å². The Morgan fingerprint density at radius 3 is 2.35 bits per heavy atom. The minimum Gasteiger partial charge on any atom is -0.444 e. The average Bonchev–Trinajstić information content (AvgIpc) is 2.88. The molecule has 0 saturated heterocycles. The van der Waals surface area contributed by atoms with Crippen molar-refractivity contribution in [3.8, 4) is 11.3 Å². The molecule has 124 valence electrons. The van der Waals surface area contributed by atoms with Gasteiger partial charge in [-0.1, -0.05) is 0 Å². The zero-order valence-electron chi connectivity index (χ0n) is 11.1. The Hall–Kier alpha value is -2.52. The van der Waals surface area contributed by atoms with E-state index in [1.807, 2.05) is 0 Å². The molecule has 1 amide bonds. The van der Waals surface area contributed by atoms with Gasteiger partial charge in [-0.15, -0.1) is 0 Å². The van der Waals surface area contributed by atoms with Crippen LogP contribution in [0.2, 0.25) is 0 Å². The van der Waals surface area contributed by atoms with Crippen LogP contribution >= 0.6 is 0 Å². The third-order valence-corrected chi connectivity index (χ3v) is 2.62. The molecule has 0 spiro atoms. The molecule has 23 heavy (non-hydrogen) atoms. The molecule has 0 atom stereocenters. The number of aromatic nitrogens is 1. The van der Waals surface area contributed by atoms with Gasteiger partial charge >= 0.3 is 12.4 Å². The van der Waals surface area contributed by atoms with E-state index in [0.29, 0.717) is 6.07 Å². The second-order valence-electron chi connectivity index (χ2n) is 4.50. The fraction of sp³-hybridized carbons (Fsp3) is 0.231. The van der Waals surface area contributed by atoms with Gasteiger partial charge in [0.05, 0.1) is 11.8 Å². The number of amides is 1. The number of hydrogen-bond donors (Lipinski definition) is 1. The maximum absolute atomic E-state index is 12.9. The van der Waals surface area contributed by atoms with Gasteiger partial charge < -0.3 is 9.73 Å². The topological polar surface area (TPSA) is 55.1 Å². The SMILES string of the molecule is O=C(CC(F)(F)F)Nc1cc(-c2cnco2)cc(C(F)(F)F)c1. The predicted molar refractivity (Wildman–Crippen MR) is 66.2 cm³/mol. The van der Waals surface area contributed by atoms with Crippen molar-refractivity contribution in [1.29, 1.82) is 0 Å². The van der Waals surface area contributed by atoms with E-state index in [0.717, 1.165) is 24.7 Å². The van der Waals surface area contributed by atoms with Crippen LogP contribution in [0, 0.1) is 0 Å². The van der Waals surface area contributed by atoms with Gasteiger partial charge in [0.15, 0.2) is 12.2 Å². The lowest BCUT2D eigenvalue weighted by Gasteiger charge is -2.13. The summed E-state index contributed by atoms with van der Waals surface area (Å²) in [5, 5.41) is 1.79. The smallest absolute Gasteiger partial charge is 0.416 e. The molecule has 0 aliphatic carbocycles. The van der Waals surface area contributed by atoms with Crippen molar-refractivity contribution in [3.63, 3.8) is 0 Å². The van der Waals surface area contributed by atoms with Gasteiger partial charge in [0, 0.05) is 11.3 Å². The molecule has 1 aromatic carbocycles. The minimum atomic E-state index is -4.76. The summed E-state index contributed by atoms with van der Waals surface area (Å²) < 4.78 is 79.8. The monoisotopic (exact) mass is 338 g/mol. The van der Waals surface area contributed by atoms with Crippen LogP contribution in [0.3, 0.4) is 0 Å². The van der Waals surface area contributed by atoms with Crippen LogP contribution in [0.15, 0.2) is 35.2 Å². The fourth-order valence-corrected chi connectivity index (χ4v) is 1.75. The summed E-state index contributed by atoms with van der Waals surface area (Å²) in [5.41, 5.74) is -1.66. The van der Waals surface area contributed by atoms with E-state index in [2.05, 4.69) is 4.98 Å². The van der Waals surface area contributed by atoms with Crippen LogP contribution in [0.4, 0.5) is 32.0 Å². The molecule has 0 radical (unpaired) electrons. The quantitative estimate of drug-likeness (QED) is 0.851. The van der Waals surface area contributed by atoms with E-state index < -0.39 is 35.9 Å². The second-order valence-corrected chi connectivity index (χ2v) is 4.50. The van der Waals surface area contributed by atoms with Gasteiger partial charge in [-0.05, 0) is 18.2 Å². The molecule has 1 heterocycles. The number of nitrogens with zero attached hydrogens (tertiary/aromatic N) is 1. The first-order chi connectivity index (χ1) is 10.5. The molecule has 0 fully saturated rings. The first kappa shape index (κ1) is 16.8. The third kappa shape index (κ3) is 4.73. The van der Waals surface area contributed by atoms with Crippen LogP contribution in [0.25, 0.3) is 11.3 Å². The summed E-state index contributed by atoms with van der Waals surface area (Å²) in [6.45, 7) is 0. The van der Waals surface area contributed by atoms with Gasteiger partial charge in [0.1, 0.15) is 6.42 Å². The number of carbonyl (C=O) groups is 1. The number of rotatable bonds is 3. The number of halogens is 6. The summed E-state index contributed by atoms with van der Waals surface area (Å²) in [7, 11) is 0. The highest BCUT2D eigenvalue weighted by molar-refractivity contribution is 5.92. The highest BCUT2D eigenvalue weighted by Gasteiger charge is 2.33. The normalized spacial score (nSPS) is 12.3. The van der Waals surface area contributed by atoms with Crippen molar-refractivity contribution >= 4 is 11.6 Å². The Morgan fingerprint density at radius 1 is 1.13 bits per heavy atom. The van der Waals surface area contributed by atoms with Crippen LogP contribution in [-0.2, 0) is 11.0 Å². The molecule has 1 N–H and O–H groups in total. The van der Waals surface area contributed by atoms with E-state index >= 15 is 0 Å². The average molecular weight is 338 g/mol. The van der Waals surface area contributed by atoms with E-state index in [4.69, 9.17) is 4.42 Å². The molecule has 0 bridgehead atoms. The van der Waals surface area contributed by atoms with Crippen molar-refractivity contribution < 1.29 is 35.6 Å². The first-order valence-corrected chi connectivity index (χ1v) is 6.02. The molecule has 10 heteroatoms. The summed E-state index contributed by atoms with van der Waals surface area (Å²) in [4.78, 5) is 14.8. The minimum absolute atomic E-state index is 0.0255. The van der Waals surface area contributed by atoms with Gasteiger partial charge in [-0.3, -0.25) is 4.79 Å². The van der Waals surface area contributed by atoms with Crippen LogP contribution < -0.4 is 5.32 Å². The van der Waals surface area contributed by atoms with Crippen LogP contribution in [0.5, 0.6) is 0 Å². The largest absolute Gasteiger partial charge is 0.444 e. The number of nitrogens with one attached hydrogen (secondary N) is 1. The van der Waals surface area contributed by atoms with E-state index in [9.17, 15) is 31.1 Å². The number of carbonyl (C=O) groups excluding carboxylic acids is 1. The Kier molecular flexibility index (Phi) is 4.35. The number of alkyl halides is 6. The number of benzene rings is 1. The fourth-order valence-electron chi connectivity index (χ4n) is 1.75. The zero-order chi connectivity index (χ0) is 17.3. The Labute approximate surface area is 125 Å². The summed E-state index contributed by atoms with van der Waals surface area (Å²) in [6.07, 6.45) is -9.20. The molecule has 0 saturated carbocycles. The lowest BCUT2D eigenvalue weighted by atomic mass is 10.1. The van der Waals surface area contributed by atoms with Crippen LogP contribution in [-0.4, -0.2) is 17.1 Å². The second kappa shape index (κ2) is 5.94. The molecule has 0 unspecified atom stereocenters. The molecular weight excluding hydrogens is 330 g/mol. The molecule has 0 aliphatic heterocycles. The predicted octanol–water partition coefficient (Wildman–Crippen LogP) is 4.25. The molecular formula is C13H8F6N2O2. The van der Waals surface area contributed by atoms with E-state index in [1.165, 1.54) is 0 Å². The Balaban J connectivity index is 2.35. The molecule has 4 nitrogen and oxygen atoms in total. The van der Waals surface area contributed by atoms with Gasteiger partial charge in [0.25, 0.3) is 0 Å². The Bertz CT molecular complexity index is 691. The van der Waals surface area contributed by atoms with Crippen molar-refractivity contribution in [1.82, 2.24) is 4.98 Å². The van der Waals surface area contributed by atoms with Gasteiger partial charge in [-0.2, -0.15) is 26.3 Å². The maximum atomic E-state index is 12.9. The van der Waals surface area contributed by atoms with Crippen molar-refractivity contribution in [2.24, 2.45) is 0 Å². The number of anilines is 1. The summed E-state index contributed by atoms with van der Waals surface area (Å²) in [6, 6.07) is 2.33. The number of oxazole rings is 1. The van der Waals surface area contributed by atoms with Crippen LogP contribution in [0.1, 0.15) is 12.0 Å². The van der Waals surface area contributed by atoms with Gasteiger partial charge in [0.2, 0.25) is 5.91 Å². The van der Waals surface area contributed by atoms with E-state index in [1.54, 1.807) is 5.32 Å². The zero-order valence-corrected chi connectivity index (χ0v) is 11.1.